The summed E-state index contributed by atoms with van der Waals surface area (Å²) in [5.74, 6) is 1.36. The molecule has 2 N–H and O–H groups in total. The third-order valence-corrected chi connectivity index (χ3v) is 6.67. The van der Waals surface area contributed by atoms with Gasteiger partial charge in [0.25, 0.3) is 0 Å². The molecule has 0 spiro atoms. The maximum Gasteiger partial charge on any atom is 0.234 e. The highest BCUT2D eigenvalue weighted by Gasteiger charge is 2.30. The minimum Gasteiger partial charge on any atom is -0.355 e. The van der Waals surface area contributed by atoms with Crippen LogP contribution in [0.5, 0.6) is 0 Å². The summed E-state index contributed by atoms with van der Waals surface area (Å²) in [6.45, 7) is 5.64. The minimum absolute atomic E-state index is 0.0608. The summed E-state index contributed by atoms with van der Waals surface area (Å²) in [4.78, 5) is 26.7. The van der Waals surface area contributed by atoms with E-state index in [2.05, 4.69) is 31.8 Å². The van der Waals surface area contributed by atoms with E-state index in [1.54, 1.807) is 0 Å². The van der Waals surface area contributed by atoms with E-state index in [-0.39, 0.29) is 23.5 Å². The van der Waals surface area contributed by atoms with E-state index in [0.717, 1.165) is 60.9 Å². The van der Waals surface area contributed by atoms with E-state index in [0.29, 0.717) is 6.04 Å². The van der Waals surface area contributed by atoms with Crippen LogP contribution in [-0.2, 0) is 9.59 Å². The number of piperidine rings is 1. The smallest absolute Gasteiger partial charge is 0.234 e. The third-order valence-electron chi connectivity index (χ3n) is 5.75. The van der Waals surface area contributed by atoms with Crippen molar-refractivity contribution in [3.05, 3.63) is 41.5 Å². The Hall–Kier alpha value is -2.61. The van der Waals surface area contributed by atoms with Gasteiger partial charge in [0.2, 0.25) is 11.8 Å². The molecule has 2 aromatic rings. The molecule has 1 saturated carbocycles. The van der Waals surface area contributed by atoms with Crippen LogP contribution in [0.2, 0.25) is 0 Å². The summed E-state index contributed by atoms with van der Waals surface area (Å²) in [5.41, 5.74) is 3.06. The van der Waals surface area contributed by atoms with Gasteiger partial charge < -0.3 is 15.5 Å². The first-order chi connectivity index (χ1) is 15.0. The second-order valence-corrected chi connectivity index (χ2v) is 9.42. The van der Waals surface area contributed by atoms with Crippen molar-refractivity contribution in [2.24, 2.45) is 5.92 Å². The van der Waals surface area contributed by atoms with Gasteiger partial charge in [0.1, 0.15) is 5.03 Å². The molecule has 4 rings (SSSR count). The molecule has 164 valence electrons. The molecular formula is C23H29N5O2S. The minimum atomic E-state index is -0.0608. The molecule has 0 radical (unpaired) electrons. The maximum absolute atomic E-state index is 12.3. The number of rotatable bonds is 7. The molecule has 0 atom stereocenters. The molecule has 2 amide bonds. The van der Waals surface area contributed by atoms with Crippen molar-refractivity contribution < 1.29 is 9.59 Å². The van der Waals surface area contributed by atoms with E-state index in [4.69, 9.17) is 0 Å². The fourth-order valence-electron chi connectivity index (χ4n) is 3.76. The van der Waals surface area contributed by atoms with Gasteiger partial charge in [0.05, 0.1) is 5.75 Å². The van der Waals surface area contributed by atoms with Gasteiger partial charge in [-0.3, -0.25) is 9.59 Å². The number of benzene rings is 1. The SMILES string of the molecule is Cc1ccc(NC(=O)CSc2ccc(N3CCC(C(=O)NC4CC4)CC3)nn2)c(C)c1. The molecule has 2 aliphatic rings. The van der Waals surface area contributed by atoms with Crippen LogP contribution in [0.4, 0.5) is 11.5 Å². The molecule has 0 bridgehead atoms. The number of thioether (sulfide) groups is 1. The van der Waals surface area contributed by atoms with E-state index in [1.165, 1.54) is 17.3 Å². The van der Waals surface area contributed by atoms with Crippen LogP contribution in [0.15, 0.2) is 35.4 Å². The Morgan fingerprint density at radius 2 is 1.84 bits per heavy atom. The fourth-order valence-corrected chi connectivity index (χ4v) is 4.37. The van der Waals surface area contributed by atoms with Gasteiger partial charge in [-0.2, -0.15) is 0 Å². The average Bonchev–Trinajstić information content (AvgIpc) is 3.59. The number of nitrogens with zero attached hydrogens (tertiary/aromatic N) is 3. The van der Waals surface area contributed by atoms with Crippen molar-refractivity contribution in [2.45, 2.75) is 50.6 Å². The predicted molar refractivity (Wildman–Crippen MR) is 123 cm³/mol. The van der Waals surface area contributed by atoms with Crippen LogP contribution < -0.4 is 15.5 Å². The van der Waals surface area contributed by atoms with Crippen molar-refractivity contribution >= 4 is 35.1 Å². The molecule has 1 aliphatic heterocycles. The Kier molecular flexibility index (Phi) is 6.75. The van der Waals surface area contributed by atoms with Crippen molar-refractivity contribution in [1.29, 1.82) is 0 Å². The van der Waals surface area contributed by atoms with Gasteiger partial charge in [-0.25, -0.2) is 0 Å². The van der Waals surface area contributed by atoms with Crippen LogP contribution in [0.25, 0.3) is 0 Å². The number of nitrogens with one attached hydrogen (secondary N) is 2. The first kappa shape index (κ1) is 21.6. The second-order valence-electron chi connectivity index (χ2n) is 8.43. The Morgan fingerprint density at radius 1 is 1.06 bits per heavy atom. The normalized spacial score (nSPS) is 16.8. The number of aromatic nitrogens is 2. The second kappa shape index (κ2) is 9.68. The number of carbonyl (C=O) groups is 2. The molecule has 7 nitrogen and oxygen atoms in total. The van der Waals surface area contributed by atoms with Gasteiger partial charge in [-0.1, -0.05) is 29.5 Å². The Balaban J connectivity index is 1.23. The highest BCUT2D eigenvalue weighted by atomic mass is 32.2. The Morgan fingerprint density at radius 3 is 2.48 bits per heavy atom. The quantitative estimate of drug-likeness (QED) is 0.644. The number of aryl methyl sites for hydroxylation is 2. The van der Waals surface area contributed by atoms with Crippen molar-refractivity contribution in [3.8, 4) is 0 Å². The summed E-state index contributed by atoms with van der Waals surface area (Å²) < 4.78 is 0. The van der Waals surface area contributed by atoms with Gasteiger partial charge in [0.15, 0.2) is 5.82 Å². The highest BCUT2D eigenvalue weighted by Crippen LogP contribution is 2.25. The highest BCUT2D eigenvalue weighted by molar-refractivity contribution is 7.99. The fraction of sp³-hybridized carbons (Fsp3) is 0.478. The van der Waals surface area contributed by atoms with Crippen molar-refractivity contribution in [3.63, 3.8) is 0 Å². The third kappa shape index (κ3) is 5.97. The molecule has 0 unspecified atom stereocenters. The van der Waals surface area contributed by atoms with Gasteiger partial charge in [-0.05, 0) is 63.3 Å². The lowest BCUT2D eigenvalue weighted by atomic mass is 9.96. The van der Waals surface area contributed by atoms with E-state index >= 15 is 0 Å². The first-order valence-electron chi connectivity index (χ1n) is 10.9. The number of hydrogen-bond donors (Lipinski definition) is 2. The zero-order chi connectivity index (χ0) is 21.8. The number of hydrogen-bond acceptors (Lipinski definition) is 6. The van der Waals surface area contributed by atoms with Gasteiger partial charge in [0, 0.05) is 30.7 Å². The van der Waals surface area contributed by atoms with Crippen LogP contribution in [-0.4, -0.2) is 46.9 Å². The zero-order valence-corrected chi connectivity index (χ0v) is 18.9. The molecule has 1 aromatic carbocycles. The summed E-state index contributed by atoms with van der Waals surface area (Å²) in [7, 11) is 0. The van der Waals surface area contributed by atoms with Crippen LogP contribution in [0.1, 0.15) is 36.8 Å². The lowest BCUT2D eigenvalue weighted by molar-refractivity contribution is -0.125. The molecule has 1 aliphatic carbocycles. The summed E-state index contributed by atoms with van der Waals surface area (Å²) in [5, 5.41) is 15.4. The van der Waals surface area contributed by atoms with Gasteiger partial charge >= 0.3 is 0 Å². The van der Waals surface area contributed by atoms with Crippen LogP contribution in [0, 0.1) is 19.8 Å². The topological polar surface area (TPSA) is 87.2 Å². The predicted octanol–water partition coefficient (Wildman–Crippen LogP) is 3.32. The average molecular weight is 440 g/mol. The van der Waals surface area contributed by atoms with E-state index < -0.39 is 0 Å². The van der Waals surface area contributed by atoms with E-state index in [1.807, 2.05) is 38.1 Å². The maximum atomic E-state index is 12.3. The van der Waals surface area contributed by atoms with Crippen LogP contribution in [0.3, 0.4) is 0 Å². The first-order valence-corrected chi connectivity index (χ1v) is 11.9. The zero-order valence-electron chi connectivity index (χ0n) is 18.1. The van der Waals surface area contributed by atoms with E-state index in [9.17, 15) is 9.59 Å². The Bertz CT molecular complexity index is 937. The Labute approximate surface area is 187 Å². The van der Waals surface area contributed by atoms with Crippen molar-refractivity contribution in [1.82, 2.24) is 15.5 Å². The summed E-state index contributed by atoms with van der Waals surface area (Å²) >= 11 is 1.37. The lowest BCUT2D eigenvalue weighted by Gasteiger charge is -2.31. The summed E-state index contributed by atoms with van der Waals surface area (Å²) in [6.07, 6.45) is 3.93. The summed E-state index contributed by atoms with van der Waals surface area (Å²) in [6, 6.07) is 10.2. The molecule has 2 fully saturated rings. The van der Waals surface area contributed by atoms with Crippen molar-refractivity contribution in [2.75, 3.05) is 29.1 Å². The number of anilines is 2. The van der Waals surface area contributed by atoms with Gasteiger partial charge in [-0.15, -0.1) is 10.2 Å². The molecule has 1 aromatic heterocycles. The molecule has 2 heterocycles. The van der Waals surface area contributed by atoms with Crippen LogP contribution >= 0.6 is 11.8 Å². The number of carbonyl (C=O) groups excluding carboxylic acids is 2. The standard InChI is InChI=1S/C23H29N5O2S/c1-15-3-6-19(16(2)13-15)25-21(29)14-31-22-8-7-20(26-27-22)28-11-9-17(10-12-28)23(30)24-18-4-5-18/h3,6-8,13,17-18H,4-5,9-12,14H2,1-2H3,(H,24,30)(H,25,29). The molecule has 8 heteroatoms. The molecule has 31 heavy (non-hydrogen) atoms. The number of amides is 2. The largest absolute Gasteiger partial charge is 0.355 e. The molecule has 1 saturated heterocycles. The monoisotopic (exact) mass is 439 g/mol. The molecular weight excluding hydrogens is 410 g/mol. The lowest BCUT2D eigenvalue weighted by Crippen LogP contribution is -2.41.